The van der Waals surface area contributed by atoms with Crippen LogP contribution in [0.2, 0.25) is 0 Å². The van der Waals surface area contributed by atoms with Crippen LogP contribution < -0.4 is 0 Å². The Hall–Kier alpha value is -0.780. The lowest BCUT2D eigenvalue weighted by Gasteiger charge is -2.38. The van der Waals surface area contributed by atoms with Gasteiger partial charge in [-0.3, -0.25) is 4.55 Å². The molecule has 0 amide bonds. The molecule has 0 aromatic heterocycles. The molecule has 1 rings (SSSR count). The number of aliphatic carboxylic acids is 1. The average Bonchev–Trinajstić information content (AvgIpc) is 2.16. The van der Waals surface area contributed by atoms with Crippen molar-refractivity contribution in [1.29, 1.82) is 0 Å². The Morgan fingerprint density at radius 3 is 2.24 bits per heavy atom. The summed E-state index contributed by atoms with van der Waals surface area (Å²) in [4.78, 5) is 10.6. The first-order valence-corrected chi connectivity index (χ1v) is 5.90. The van der Waals surface area contributed by atoms with Crippen LogP contribution in [0.5, 0.6) is 0 Å². The lowest BCUT2D eigenvalue weighted by Crippen LogP contribution is -2.60. The van der Waals surface area contributed by atoms with Crippen LogP contribution in [0, 0.1) is 0 Å². The Labute approximate surface area is 96.5 Å². The zero-order valence-electron chi connectivity index (χ0n) is 8.63. The lowest BCUT2D eigenvalue weighted by molar-refractivity contribution is -0.218. The van der Waals surface area contributed by atoms with Crippen LogP contribution in [0.3, 0.4) is 0 Å². The molecule has 0 aromatic rings. The van der Waals surface area contributed by atoms with Gasteiger partial charge >= 0.3 is 16.4 Å². The van der Waals surface area contributed by atoms with E-state index in [1.54, 1.807) is 0 Å². The average molecular weight is 272 g/mol. The van der Waals surface area contributed by atoms with Crippen LogP contribution in [0.15, 0.2) is 0 Å². The molecule has 0 spiro atoms. The number of carbonyl (C=O) groups is 1. The summed E-state index contributed by atoms with van der Waals surface area (Å²) in [5.41, 5.74) is 0. The van der Waals surface area contributed by atoms with E-state index in [0.29, 0.717) is 0 Å². The normalized spacial score (nSPS) is 38.9. The molecule has 0 radical (unpaired) electrons. The monoisotopic (exact) mass is 272 g/mol. The van der Waals surface area contributed by atoms with Gasteiger partial charge < -0.3 is 20.1 Å². The topological polar surface area (TPSA) is 151 Å². The third-order valence-electron chi connectivity index (χ3n) is 2.30. The summed E-state index contributed by atoms with van der Waals surface area (Å²) >= 11 is 0. The van der Waals surface area contributed by atoms with E-state index in [4.69, 9.17) is 14.4 Å². The van der Waals surface area contributed by atoms with E-state index < -0.39 is 46.9 Å². The zero-order chi connectivity index (χ0) is 13.4. The highest BCUT2D eigenvalue weighted by Crippen LogP contribution is 2.24. The van der Waals surface area contributed by atoms with Crippen molar-refractivity contribution in [1.82, 2.24) is 0 Å². The number of ether oxygens (including phenoxy) is 1. The highest BCUT2D eigenvalue weighted by Gasteiger charge is 2.48. The summed E-state index contributed by atoms with van der Waals surface area (Å²) in [6, 6.07) is 0. The largest absolute Gasteiger partial charge is 0.479 e. The minimum absolute atomic E-state index is 1.14. The van der Waals surface area contributed by atoms with Crippen molar-refractivity contribution in [3.05, 3.63) is 0 Å². The number of hydrogen-bond donors (Lipinski definition) is 4. The van der Waals surface area contributed by atoms with Crippen molar-refractivity contribution < 1.29 is 42.0 Å². The van der Waals surface area contributed by atoms with Crippen molar-refractivity contribution in [2.75, 3.05) is 0 Å². The molecule has 1 saturated heterocycles. The predicted octanol–water partition coefficient (Wildman–Crippen LogP) is -2.23. The van der Waals surface area contributed by atoms with Crippen LogP contribution in [0.25, 0.3) is 0 Å². The van der Waals surface area contributed by atoms with Gasteiger partial charge in [-0.15, -0.1) is 0 Å². The van der Waals surface area contributed by atoms with E-state index in [1.807, 2.05) is 0 Å². The molecule has 1 heterocycles. The summed E-state index contributed by atoms with van der Waals surface area (Å²) in [6.07, 6.45) is -8.11. The SMILES string of the molecule is CC1OC(C(=O)O)C(O)C(O)C1OS(=O)(=O)O. The number of aliphatic hydroxyl groups is 2. The number of carboxylic acid groups (broad SMARTS) is 1. The number of aliphatic hydroxyl groups excluding tert-OH is 2. The maximum atomic E-state index is 10.6. The molecular formula is C7H12O9S. The van der Waals surface area contributed by atoms with Crippen molar-refractivity contribution in [2.45, 2.75) is 37.4 Å². The summed E-state index contributed by atoms with van der Waals surface area (Å²) in [7, 11) is -4.85. The van der Waals surface area contributed by atoms with Crippen LogP contribution in [-0.2, 0) is 24.1 Å². The summed E-state index contributed by atoms with van der Waals surface area (Å²) < 4.78 is 38.3. The number of hydrogen-bond acceptors (Lipinski definition) is 7. The molecule has 0 aliphatic carbocycles. The smallest absolute Gasteiger partial charge is 0.397 e. The Kier molecular flexibility index (Phi) is 4.06. The van der Waals surface area contributed by atoms with Gasteiger partial charge in [-0.1, -0.05) is 0 Å². The second-order valence-electron chi connectivity index (χ2n) is 3.57. The fourth-order valence-electron chi connectivity index (χ4n) is 1.52. The molecule has 1 aliphatic rings. The fourth-order valence-corrected chi connectivity index (χ4v) is 2.07. The van der Waals surface area contributed by atoms with Gasteiger partial charge in [-0.2, -0.15) is 8.42 Å². The number of carboxylic acids is 1. The van der Waals surface area contributed by atoms with Gasteiger partial charge in [0.05, 0.1) is 6.10 Å². The van der Waals surface area contributed by atoms with E-state index in [0.717, 1.165) is 0 Å². The standard InChI is InChI=1S/C7H12O9S/c1-2-5(16-17(12,13)14)3(8)4(9)6(15-2)7(10)11/h2-6,8-9H,1H3,(H,10,11)(H,12,13,14). The molecule has 10 heteroatoms. The first-order valence-electron chi connectivity index (χ1n) is 4.53. The third kappa shape index (κ3) is 3.34. The quantitative estimate of drug-likeness (QED) is 0.418. The van der Waals surface area contributed by atoms with E-state index in [9.17, 15) is 23.4 Å². The van der Waals surface area contributed by atoms with Gasteiger partial charge in [0.1, 0.15) is 18.3 Å². The summed E-state index contributed by atoms with van der Waals surface area (Å²) in [5, 5.41) is 27.5. The van der Waals surface area contributed by atoms with Crippen LogP contribution in [0.1, 0.15) is 6.92 Å². The van der Waals surface area contributed by atoms with Gasteiger partial charge in [0.15, 0.2) is 6.10 Å². The summed E-state index contributed by atoms with van der Waals surface area (Å²) in [6.45, 7) is 1.24. The van der Waals surface area contributed by atoms with Crippen LogP contribution >= 0.6 is 0 Å². The van der Waals surface area contributed by atoms with Gasteiger partial charge in [0.2, 0.25) is 0 Å². The Morgan fingerprint density at radius 1 is 1.29 bits per heavy atom. The Bertz CT molecular complexity index is 390. The predicted molar refractivity (Wildman–Crippen MR) is 50.4 cm³/mol. The van der Waals surface area contributed by atoms with Crippen molar-refractivity contribution >= 4 is 16.4 Å². The maximum Gasteiger partial charge on any atom is 0.397 e. The fraction of sp³-hybridized carbons (Fsp3) is 0.857. The van der Waals surface area contributed by atoms with Gasteiger partial charge in [0.25, 0.3) is 0 Å². The van der Waals surface area contributed by atoms with E-state index in [-0.39, 0.29) is 0 Å². The lowest BCUT2D eigenvalue weighted by atomic mass is 9.96. The minimum atomic E-state index is -4.85. The Morgan fingerprint density at radius 2 is 1.82 bits per heavy atom. The van der Waals surface area contributed by atoms with Crippen molar-refractivity contribution in [3.63, 3.8) is 0 Å². The molecule has 0 saturated carbocycles. The second kappa shape index (κ2) is 4.84. The van der Waals surface area contributed by atoms with E-state index in [2.05, 4.69) is 4.18 Å². The van der Waals surface area contributed by atoms with Gasteiger partial charge in [-0.05, 0) is 6.92 Å². The first kappa shape index (κ1) is 14.3. The molecule has 9 nitrogen and oxygen atoms in total. The highest BCUT2D eigenvalue weighted by atomic mass is 32.3. The molecule has 1 fully saturated rings. The van der Waals surface area contributed by atoms with Crippen LogP contribution in [-0.4, -0.2) is 64.8 Å². The molecule has 0 bridgehead atoms. The highest BCUT2D eigenvalue weighted by molar-refractivity contribution is 7.80. The van der Waals surface area contributed by atoms with Gasteiger partial charge in [0, 0.05) is 0 Å². The Balaban J connectivity index is 2.87. The van der Waals surface area contributed by atoms with E-state index in [1.165, 1.54) is 6.92 Å². The van der Waals surface area contributed by atoms with Gasteiger partial charge in [-0.25, -0.2) is 8.98 Å². The van der Waals surface area contributed by atoms with Crippen molar-refractivity contribution in [2.24, 2.45) is 0 Å². The zero-order valence-corrected chi connectivity index (χ0v) is 9.44. The molecule has 0 aromatic carbocycles. The first-order chi connectivity index (χ1) is 7.63. The molecule has 17 heavy (non-hydrogen) atoms. The molecule has 100 valence electrons. The second-order valence-corrected chi connectivity index (χ2v) is 4.62. The minimum Gasteiger partial charge on any atom is -0.479 e. The molecular weight excluding hydrogens is 260 g/mol. The maximum absolute atomic E-state index is 10.6. The van der Waals surface area contributed by atoms with E-state index >= 15 is 0 Å². The third-order valence-corrected chi connectivity index (χ3v) is 2.76. The molecule has 5 unspecified atom stereocenters. The van der Waals surface area contributed by atoms with Crippen LogP contribution in [0.4, 0.5) is 0 Å². The molecule has 5 atom stereocenters. The van der Waals surface area contributed by atoms with Crippen molar-refractivity contribution in [3.8, 4) is 0 Å². The molecule has 1 aliphatic heterocycles. The summed E-state index contributed by atoms with van der Waals surface area (Å²) in [5.74, 6) is -1.51. The number of rotatable bonds is 3. The molecule has 4 N–H and O–H groups in total.